The second-order valence-electron chi connectivity index (χ2n) is 8.54. The number of methoxy groups -OCH3 is 1. The molecular weight excluding hydrogens is 530 g/mol. The van der Waals surface area contributed by atoms with Gasteiger partial charge < -0.3 is 15.4 Å². The van der Waals surface area contributed by atoms with Crippen molar-refractivity contribution in [2.75, 3.05) is 30.9 Å². The van der Waals surface area contributed by atoms with Crippen molar-refractivity contribution in [1.29, 1.82) is 0 Å². The van der Waals surface area contributed by atoms with Gasteiger partial charge >= 0.3 is 0 Å². The van der Waals surface area contributed by atoms with Crippen LogP contribution in [0.4, 0.5) is 11.4 Å². The Morgan fingerprint density at radius 1 is 1.09 bits per heavy atom. The molecule has 1 aliphatic heterocycles. The molecule has 3 amide bonds. The van der Waals surface area contributed by atoms with Crippen LogP contribution in [0.15, 0.2) is 68.5 Å². The fraction of sp³-hybridized carbons (Fsp3) is 0.346. The highest BCUT2D eigenvalue weighted by molar-refractivity contribution is 9.10. The van der Waals surface area contributed by atoms with E-state index in [-0.39, 0.29) is 35.9 Å². The van der Waals surface area contributed by atoms with E-state index in [0.717, 1.165) is 35.1 Å². The van der Waals surface area contributed by atoms with Gasteiger partial charge in [-0.05, 0) is 61.7 Å². The van der Waals surface area contributed by atoms with Gasteiger partial charge in [-0.15, -0.1) is 0 Å². The lowest BCUT2D eigenvalue weighted by molar-refractivity contribution is -0.137. The van der Waals surface area contributed by atoms with Gasteiger partial charge in [-0.2, -0.15) is 0 Å². The Balaban J connectivity index is 1.56. The van der Waals surface area contributed by atoms with Gasteiger partial charge in [0.15, 0.2) is 0 Å². The summed E-state index contributed by atoms with van der Waals surface area (Å²) in [4.78, 5) is 41.4. The molecule has 2 aromatic rings. The number of hydrogen-bond donors (Lipinski definition) is 2. The monoisotopic (exact) mass is 557 g/mol. The number of anilines is 2. The lowest BCUT2D eigenvalue weighted by atomic mass is 10.1. The maximum atomic E-state index is 13.3. The number of imide groups is 1. The first-order valence-corrected chi connectivity index (χ1v) is 13.3. The number of benzene rings is 2. The van der Waals surface area contributed by atoms with Crippen molar-refractivity contribution in [2.24, 2.45) is 5.92 Å². The van der Waals surface area contributed by atoms with Crippen molar-refractivity contribution in [3.8, 4) is 0 Å². The number of ether oxygens (including phenoxy) is 1. The number of thioether (sulfide) groups is 1. The summed E-state index contributed by atoms with van der Waals surface area (Å²) in [6.07, 6.45) is 4.59. The number of amides is 3. The Morgan fingerprint density at radius 3 is 2.54 bits per heavy atom. The molecule has 0 saturated heterocycles. The minimum atomic E-state index is -0.359. The standard InChI is InChI=1S/C26H28BrN3O4S/c1-34-15-5-14-30-25(32)22(28-19-12-10-18(27)11-13-19)23(26(30)33)35-21-9-4-8-20(16-21)29-24(31)17-6-2-3-7-17/h4,8-13,16-17,28H,2-3,5-7,14-15H2,1H3,(H,29,31). The zero-order chi connectivity index (χ0) is 24.8. The predicted molar refractivity (Wildman–Crippen MR) is 141 cm³/mol. The number of halogens is 1. The summed E-state index contributed by atoms with van der Waals surface area (Å²) in [6, 6.07) is 14.8. The highest BCUT2D eigenvalue weighted by atomic mass is 79.9. The van der Waals surface area contributed by atoms with E-state index < -0.39 is 0 Å². The van der Waals surface area contributed by atoms with Crippen LogP contribution >= 0.6 is 27.7 Å². The highest BCUT2D eigenvalue weighted by Gasteiger charge is 2.39. The van der Waals surface area contributed by atoms with E-state index in [9.17, 15) is 14.4 Å². The predicted octanol–water partition coefficient (Wildman–Crippen LogP) is 5.40. The van der Waals surface area contributed by atoms with Gasteiger partial charge in [0, 0.05) is 46.9 Å². The Hall–Kier alpha value is -2.62. The maximum Gasteiger partial charge on any atom is 0.278 e. The van der Waals surface area contributed by atoms with Gasteiger partial charge in [0.05, 0.1) is 0 Å². The maximum absolute atomic E-state index is 13.3. The van der Waals surface area contributed by atoms with E-state index in [2.05, 4.69) is 26.6 Å². The third kappa shape index (κ3) is 6.34. The molecular formula is C26H28BrN3O4S. The third-order valence-corrected chi connectivity index (χ3v) is 7.62. The topological polar surface area (TPSA) is 87.7 Å². The molecule has 9 heteroatoms. The third-order valence-electron chi connectivity index (χ3n) is 6.02. The van der Waals surface area contributed by atoms with Gasteiger partial charge in [0.1, 0.15) is 10.6 Å². The van der Waals surface area contributed by atoms with Crippen LogP contribution in [0.1, 0.15) is 32.1 Å². The van der Waals surface area contributed by atoms with Crippen molar-refractivity contribution in [1.82, 2.24) is 4.90 Å². The van der Waals surface area contributed by atoms with Gasteiger partial charge in [-0.1, -0.05) is 46.6 Å². The molecule has 2 aromatic carbocycles. The van der Waals surface area contributed by atoms with Gasteiger partial charge in [-0.3, -0.25) is 19.3 Å². The van der Waals surface area contributed by atoms with Crippen LogP contribution in [-0.2, 0) is 19.1 Å². The van der Waals surface area contributed by atoms with E-state index in [4.69, 9.17) is 4.74 Å². The first-order chi connectivity index (χ1) is 17.0. The second kappa shape index (κ2) is 11.9. The van der Waals surface area contributed by atoms with E-state index >= 15 is 0 Å². The number of carbonyl (C=O) groups excluding carboxylic acids is 3. The van der Waals surface area contributed by atoms with Crippen LogP contribution < -0.4 is 10.6 Å². The largest absolute Gasteiger partial charge is 0.385 e. The zero-order valence-electron chi connectivity index (χ0n) is 19.5. The summed E-state index contributed by atoms with van der Waals surface area (Å²) >= 11 is 4.63. The van der Waals surface area contributed by atoms with Crippen LogP contribution in [0.3, 0.4) is 0 Å². The lowest BCUT2D eigenvalue weighted by Crippen LogP contribution is -2.33. The quantitative estimate of drug-likeness (QED) is 0.300. The Morgan fingerprint density at radius 2 is 1.83 bits per heavy atom. The molecule has 1 saturated carbocycles. The summed E-state index contributed by atoms with van der Waals surface area (Å²) in [7, 11) is 1.59. The second-order valence-corrected chi connectivity index (χ2v) is 10.5. The number of hydrogen-bond acceptors (Lipinski definition) is 6. The fourth-order valence-electron chi connectivity index (χ4n) is 4.19. The fourth-order valence-corrected chi connectivity index (χ4v) is 5.46. The normalized spacial score (nSPS) is 16.3. The molecule has 0 aromatic heterocycles. The van der Waals surface area contributed by atoms with Crippen molar-refractivity contribution in [3.63, 3.8) is 0 Å². The lowest BCUT2D eigenvalue weighted by Gasteiger charge is -2.14. The van der Waals surface area contributed by atoms with Crippen molar-refractivity contribution in [2.45, 2.75) is 37.0 Å². The minimum absolute atomic E-state index is 0.0397. The molecule has 0 bridgehead atoms. The molecule has 0 spiro atoms. The Bertz CT molecular complexity index is 1130. The highest BCUT2D eigenvalue weighted by Crippen LogP contribution is 2.37. The SMILES string of the molecule is COCCCN1C(=O)C(Nc2ccc(Br)cc2)=C(Sc2cccc(NC(=O)C3CCCC3)c2)C1=O. The number of carbonyl (C=O) groups is 3. The number of rotatable bonds is 10. The van der Waals surface area contributed by atoms with Crippen molar-refractivity contribution >= 4 is 56.8 Å². The molecule has 1 aliphatic carbocycles. The first kappa shape index (κ1) is 25.5. The summed E-state index contributed by atoms with van der Waals surface area (Å²) in [6.45, 7) is 0.732. The average Bonchev–Trinajstić information content (AvgIpc) is 3.46. The molecule has 0 unspecified atom stereocenters. The minimum Gasteiger partial charge on any atom is -0.385 e. The van der Waals surface area contributed by atoms with Crippen LogP contribution in [0.2, 0.25) is 0 Å². The summed E-state index contributed by atoms with van der Waals surface area (Å²) in [5.74, 6) is -0.596. The number of nitrogens with zero attached hydrogens (tertiary/aromatic N) is 1. The molecule has 2 N–H and O–H groups in total. The molecule has 2 aliphatic rings. The molecule has 0 atom stereocenters. The molecule has 35 heavy (non-hydrogen) atoms. The van der Waals surface area contributed by atoms with E-state index in [0.29, 0.717) is 29.3 Å². The molecule has 1 fully saturated rings. The summed E-state index contributed by atoms with van der Waals surface area (Å²) < 4.78 is 6.00. The van der Waals surface area contributed by atoms with E-state index in [1.807, 2.05) is 48.5 Å². The molecule has 4 rings (SSSR count). The summed E-state index contributed by atoms with van der Waals surface area (Å²) in [5, 5.41) is 6.15. The van der Waals surface area contributed by atoms with Crippen LogP contribution in [-0.4, -0.2) is 42.9 Å². The van der Waals surface area contributed by atoms with Crippen LogP contribution in [0, 0.1) is 5.92 Å². The first-order valence-electron chi connectivity index (χ1n) is 11.7. The van der Waals surface area contributed by atoms with Crippen LogP contribution in [0.5, 0.6) is 0 Å². The summed E-state index contributed by atoms with van der Waals surface area (Å²) in [5.41, 5.74) is 1.64. The van der Waals surface area contributed by atoms with Gasteiger partial charge in [0.2, 0.25) is 5.91 Å². The van der Waals surface area contributed by atoms with Crippen molar-refractivity contribution < 1.29 is 19.1 Å². The van der Waals surface area contributed by atoms with Gasteiger partial charge in [-0.25, -0.2) is 0 Å². The molecule has 184 valence electrons. The average molecular weight is 558 g/mol. The Kier molecular flexibility index (Phi) is 8.64. The molecule has 7 nitrogen and oxygen atoms in total. The van der Waals surface area contributed by atoms with Crippen LogP contribution in [0.25, 0.3) is 0 Å². The van der Waals surface area contributed by atoms with Crippen molar-refractivity contribution in [3.05, 3.63) is 63.6 Å². The van der Waals surface area contributed by atoms with Gasteiger partial charge in [0.25, 0.3) is 11.8 Å². The zero-order valence-corrected chi connectivity index (χ0v) is 21.9. The Labute approximate surface area is 217 Å². The number of nitrogens with one attached hydrogen (secondary N) is 2. The molecule has 0 radical (unpaired) electrons. The van der Waals surface area contributed by atoms with E-state index in [1.165, 1.54) is 16.7 Å². The van der Waals surface area contributed by atoms with E-state index in [1.54, 1.807) is 7.11 Å². The molecule has 1 heterocycles. The smallest absolute Gasteiger partial charge is 0.278 e.